The Labute approximate surface area is 129 Å². The molecule has 0 spiro atoms. The average molecular weight is 340 g/mol. The number of alkyl halides is 4. The van der Waals surface area contributed by atoms with E-state index in [1.165, 1.54) is 0 Å². The third-order valence-electron chi connectivity index (χ3n) is 3.67. The second-order valence-corrected chi connectivity index (χ2v) is 5.56. The topological polar surface area (TPSA) is 59.2 Å². The lowest BCUT2D eigenvalue weighted by Crippen LogP contribution is -2.41. The second-order valence-electron chi connectivity index (χ2n) is 5.16. The van der Waals surface area contributed by atoms with E-state index < -0.39 is 29.7 Å². The maximum atomic E-state index is 13.5. The van der Waals surface area contributed by atoms with Crippen LogP contribution < -0.4 is 10.6 Å². The number of primary amides is 1. The molecule has 0 saturated carbocycles. The molecule has 2 rings (SSSR count). The number of aromatic nitrogens is 1. The molecule has 0 bridgehead atoms. The summed E-state index contributed by atoms with van der Waals surface area (Å²) in [7, 11) is 0. The summed E-state index contributed by atoms with van der Waals surface area (Å²) < 4.78 is 51.2. The smallest absolute Gasteiger partial charge is 0.367 e. The Morgan fingerprint density at radius 3 is 2.45 bits per heavy atom. The minimum absolute atomic E-state index is 0.111. The van der Waals surface area contributed by atoms with Gasteiger partial charge in [0.25, 0.3) is 5.91 Å². The Hall–Kier alpha value is -1.57. The van der Waals surface area contributed by atoms with Crippen LogP contribution in [0.2, 0.25) is 5.02 Å². The minimum atomic E-state index is -4.51. The summed E-state index contributed by atoms with van der Waals surface area (Å²) in [6, 6.07) is 0.817. The number of carbonyl (C=O) groups excluding carboxylic acids is 1. The molecule has 122 valence electrons. The van der Waals surface area contributed by atoms with Gasteiger partial charge in [0.05, 0.1) is 10.6 Å². The second kappa shape index (κ2) is 6.28. The summed E-state index contributed by atoms with van der Waals surface area (Å²) in [5.41, 5.74) is 4.00. The van der Waals surface area contributed by atoms with Crippen LogP contribution in [-0.4, -0.2) is 30.2 Å². The molecule has 4 nitrogen and oxygen atoms in total. The molecule has 0 aliphatic carbocycles. The van der Waals surface area contributed by atoms with Gasteiger partial charge in [-0.3, -0.25) is 4.79 Å². The molecule has 1 unspecified atom stereocenters. The van der Waals surface area contributed by atoms with Crippen molar-refractivity contribution >= 4 is 23.3 Å². The van der Waals surface area contributed by atoms with Crippen LogP contribution in [0, 0.1) is 5.92 Å². The highest BCUT2D eigenvalue weighted by molar-refractivity contribution is 6.33. The number of anilines is 1. The van der Waals surface area contributed by atoms with Gasteiger partial charge in [-0.1, -0.05) is 11.6 Å². The molecule has 0 radical (unpaired) electrons. The molecule has 1 atom stereocenters. The molecule has 1 aromatic heterocycles. The van der Waals surface area contributed by atoms with Crippen LogP contribution in [-0.2, 0) is 11.0 Å². The molecular weight excluding hydrogens is 326 g/mol. The first-order valence-electron chi connectivity index (χ1n) is 6.61. The highest BCUT2D eigenvalue weighted by Gasteiger charge is 2.33. The molecule has 1 amide bonds. The fourth-order valence-corrected chi connectivity index (χ4v) is 2.74. The summed E-state index contributed by atoms with van der Waals surface area (Å²) in [4.78, 5) is 16.3. The summed E-state index contributed by atoms with van der Waals surface area (Å²) in [5, 5.41) is -0.111. The van der Waals surface area contributed by atoms with Crippen molar-refractivity contribution in [2.45, 2.75) is 25.2 Å². The van der Waals surface area contributed by atoms with E-state index in [0.29, 0.717) is 32.1 Å². The van der Waals surface area contributed by atoms with Crippen LogP contribution in [0.5, 0.6) is 0 Å². The fraction of sp³-hybridized carbons (Fsp3) is 0.538. The van der Waals surface area contributed by atoms with Crippen LogP contribution in [0.4, 0.5) is 23.4 Å². The van der Waals surface area contributed by atoms with Crippen molar-refractivity contribution in [3.05, 3.63) is 22.8 Å². The van der Waals surface area contributed by atoms with Gasteiger partial charge in [0, 0.05) is 25.2 Å². The Balaban J connectivity index is 2.07. The molecule has 9 heteroatoms. The molecule has 1 aromatic rings. The zero-order valence-electron chi connectivity index (χ0n) is 11.4. The van der Waals surface area contributed by atoms with E-state index in [4.69, 9.17) is 17.3 Å². The summed E-state index contributed by atoms with van der Waals surface area (Å²) >= 11 is 5.87. The van der Waals surface area contributed by atoms with Crippen LogP contribution >= 0.6 is 11.6 Å². The van der Waals surface area contributed by atoms with Gasteiger partial charge in [-0.15, -0.1) is 0 Å². The van der Waals surface area contributed by atoms with E-state index in [2.05, 4.69) is 4.98 Å². The third-order valence-corrected chi connectivity index (χ3v) is 3.95. The number of halogens is 5. The average Bonchev–Trinajstić information content (AvgIpc) is 2.45. The van der Waals surface area contributed by atoms with Gasteiger partial charge in [-0.2, -0.15) is 13.2 Å². The van der Waals surface area contributed by atoms with Gasteiger partial charge in [0.1, 0.15) is 5.82 Å². The molecule has 1 saturated heterocycles. The molecule has 22 heavy (non-hydrogen) atoms. The van der Waals surface area contributed by atoms with Gasteiger partial charge in [0.15, 0.2) is 6.17 Å². The van der Waals surface area contributed by atoms with Gasteiger partial charge in [-0.25, -0.2) is 9.37 Å². The van der Waals surface area contributed by atoms with E-state index in [1.54, 1.807) is 4.90 Å². The van der Waals surface area contributed by atoms with Crippen molar-refractivity contribution in [1.82, 2.24) is 4.98 Å². The summed E-state index contributed by atoms with van der Waals surface area (Å²) in [5.74, 6) is -1.26. The number of nitrogens with zero attached hydrogens (tertiary/aromatic N) is 2. The van der Waals surface area contributed by atoms with E-state index in [1.807, 2.05) is 0 Å². The van der Waals surface area contributed by atoms with Gasteiger partial charge in [0.2, 0.25) is 0 Å². The predicted octanol–water partition coefficient (Wildman–Crippen LogP) is 2.79. The SMILES string of the molecule is NC(=O)C(F)C1CCN(c2ncc(C(F)(F)F)cc2Cl)CC1. The number of rotatable bonds is 3. The monoisotopic (exact) mass is 339 g/mol. The summed E-state index contributed by atoms with van der Waals surface area (Å²) in [6.45, 7) is 0.687. The van der Waals surface area contributed by atoms with E-state index >= 15 is 0 Å². The van der Waals surface area contributed by atoms with E-state index in [-0.39, 0.29) is 10.8 Å². The molecule has 0 aromatic carbocycles. The zero-order valence-corrected chi connectivity index (χ0v) is 12.2. The Morgan fingerprint density at radius 1 is 1.41 bits per heavy atom. The van der Waals surface area contributed by atoms with Crippen LogP contribution in [0.15, 0.2) is 12.3 Å². The number of hydrogen-bond donors (Lipinski definition) is 1. The number of hydrogen-bond acceptors (Lipinski definition) is 3. The van der Waals surface area contributed by atoms with Crippen molar-refractivity contribution < 1.29 is 22.4 Å². The first-order chi connectivity index (χ1) is 10.2. The highest BCUT2D eigenvalue weighted by atomic mass is 35.5. The Bertz CT molecular complexity index is 559. The number of pyridine rings is 1. The summed E-state index contributed by atoms with van der Waals surface area (Å²) in [6.07, 6.45) is -4.80. The third kappa shape index (κ3) is 3.60. The van der Waals surface area contributed by atoms with Crippen molar-refractivity contribution in [3.8, 4) is 0 Å². The molecule has 1 aliphatic rings. The lowest BCUT2D eigenvalue weighted by atomic mass is 9.92. The normalized spacial score (nSPS) is 18.3. The number of piperidine rings is 1. The Kier molecular flexibility index (Phi) is 4.79. The number of nitrogens with two attached hydrogens (primary N) is 1. The standard InChI is InChI=1S/C13H14ClF4N3O/c14-9-5-8(13(16,17)18)6-20-12(9)21-3-1-7(2-4-21)10(15)11(19)22/h5-7,10H,1-4H2,(H2,19,22). The van der Waals surface area contributed by atoms with Crippen molar-refractivity contribution in [3.63, 3.8) is 0 Å². The lowest BCUT2D eigenvalue weighted by molar-refractivity contribution is -0.137. The van der Waals surface area contributed by atoms with Gasteiger partial charge >= 0.3 is 6.18 Å². The van der Waals surface area contributed by atoms with Crippen molar-refractivity contribution in [2.24, 2.45) is 11.7 Å². The molecule has 1 aliphatic heterocycles. The van der Waals surface area contributed by atoms with Crippen molar-refractivity contribution in [1.29, 1.82) is 0 Å². The molecule has 2 N–H and O–H groups in total. The molecule has 1 fully saturated rings. The first kappa shape index (κ1) is 16.8. The van der Waals surface area contributed by atoms with Crippen molar-refractivity contribution in [2.75, 3.05) is 18.0 Å². The quantitative estimate of drug-likeness (QED) is 0.861. The van der Waals surface area contributed by atoms with E-state index in [9.17, 15) is 22.4 Å². The first-order valence-corrected chi connectivity index (χ1v) is 6.99. The number of carbonyl (C=O) groups is 1. The molecular formula is C13H14ClF4N3O. The minimum Gasteiger partial charge on any atom is -0.367 e. The van der Waals surface area contributed by atoms with E-state index in [0.717, 1.165) is 6.07 Å². The van der Waals surface area contributed by atoms with Crippen LogP contribution in [0.25, 0.3) is 0 Å². The van der Waals surface area contributed by atoms with Gasteiger partial charge in [-0.05, 0) is 18.9 Å². The molecule has 2 heterocycles. The van der Waals surface area contributed by atoms with Gasteiger partial charge < -0.3 is 10.6 Å². The van der Waals surface area contributed by atoms with Crippen LogP contribution in [0.1, 0.15) is 18.4 Å². The zero-order chi connectivity index (χ0) is 16.5. The maximum absolute atomic E-state index is 13.5. The lowest BCUT2D eigenvalue weighted by Gasteiger charge is -2.33. The fourth-order valence-electron chi connectivity index (χ4n) is 2.45. The Morgan fingerprint density at radius 2 is 2.00 bits per heavy atom. The highest BCUT2D eigenvalue weighted by Crippen LogP contribution is 2.35. The maximum Gasteiger partial charge on any atom is 0.417 e. The van der Waals surface area contributed by atoms with Crippen LogP contribution in [0.3, 0.4) is 0 Å². The predicted molar refractivity (Wildman–Crippen MR) is 73.3 cm³/mol. The largest absolute Gasteiger partial charge is 0.417 e. The number of amides is 1.